The summed E-state index contributed by atoms with van der Waals surface area (Å²) in [4.78, 5) is 0. The van der Waals surface area contributed by atoms with Crippen molar-refractivity contribution >= 4 is 0 Å². The monoisotopic (exact) mass is 235 g/mol. The molecule has 0 bridgehead atoms. The van der Waals surface area contributed by atoms with Crippen molar-refractivity contribution in [3.05, 3.63) is 35.9 Å². The normalized spacial score (nSPS) is 13.6. The van der Waals surface area contributed by atoms with Crippen LogP contribution in [0.3, 0.4) is 0 Å². The molecule has 2 N–H and O–H groups in total. The molecule has 0 aliphatic rings. The van der Waals surface area contributed by atoms with E-state index < -0.39 is 5.60 Å². The molecular weight excluding hydrogens is 210 g/mol. The van der Waals surface area contributed by atoms with Crippen LogP contribution < -0.4 is 5.32 Å². The van der Waals surface area contributed by atoms with Crippen molar-refractivity contribution in [1.82, 2.24) is 5.32 Å². The predicted molar refractivity (Wildman–Crippen MR) is 72.9 cm³/mol. The molecule has 0 aliphatic carbocycles. The molecular formula is C15H25NO. The molecule has 0 spiro atoms. The van der Waals surface area contributed by atoms with E-state index in [0.717, 1.165) is 25.8 Å². The summed E-state index contributed by atoms with van der Waals surface area (Å²) in [6.45, 7) is 6.86. The summed E-state index contributed by atoms with van der Waals surface area (Å²) in [6.07, 6.45) is 3.04. The molecule has 1 aromatic carbocycles. The number of nitrogens with one attached hydrogen (secondary N) is 1. The molecule has 1 rings (SSSR count). The number of hydrogen-bond acceptors (Lipinski definition) is 2. The Balaban J connectivity index is 2.15. The average molecular weight is 235 g/mol. The third-order valence-corrected chi connectivity index (χ3v) is 2.92. The lowest BCUT2D eigenvalue weighted by Crippen LogP contribution is -2.26. The zero-order chi connectivity index (χ0) is 12.7. The third-order valence-electron chi connectivity index (χ3n) is 2.92. The van der Waals surface area contributed by atoms with Gasteiger partial charge in [0.25, 0.3) is 0 Å². The van der Waals surface area contributed by atoms with Crippen molar-refractivity contribution in [3.8, 4) is 0 Å². The first kappa shape index (κ1) is 14.2. The van der Waals surface area contributed by atoms with E-state index in [-0.39, 0.29) is 0 Å². The largest absolute Gasteiger partial charge is 0.390 e. The Morgan fingerprint density at radius 2 is 1.88 bits per heavy atom. The quantitative estimate of drug-likeness (QED) is 0.761. The van der Waals surface area contributed by atoms with Gasteiger partial charge in [-0.3, -0.25) is 0 Å². The van der Waals surface area contributed by atoms with Gasteiger partial charge in [0.15, 0.2) is 0 Å². The Labute approximate surface area is 105 Å². The Morgan fingerprint density at radius 1 is 1.24 bits per heavy atom. The van der Waals surface area contributed by atoms with E-state index in [1.807, 2.05) is 19.9 Å². The van der Waals surface area contributed by atoms with Gasteiger partial charge in [0.1, 0.15) is 0 Å². The molecule has 2 heteroatoms. The highest BCUT2D eigenvalue weighted by Crippen LogP contribution is 2.13. The van der Waals surface area contributed by atoms with Crippen molar-refractivity contribution in [3.63, 3.8) is 0 Å². The van der Waals surface area contributed by atoms with Crippen LogP contribution in [0.2, 0.25) is 0 Å². The Kier molecular flexibility index (Phi) is 5.66. The number of benzene rings is 1. The predicted octanol–water partition coefficient (Wildman–Crippen LogP) is 3.11. The van der Waals surface area contributed by atoms with Gasteiger partial charge in [0.05, 0.1) is 5.60 Å². The second-order valence-corrected chi connectivity index (χ2v) is 5.47. The van der Waals surface area contributed by atoms with Gasteiger partial charge >= 0.3 is 0 Å². The van der Waals surface area contributed by atoms with Crippen LogP contribution in [0.5, 0.6) is 0 Å². The molecule has 0 saturated carbocycles. The summed E-state index contributed by atoms with van der Waals surface area (Å²) in [5.74, 6) is 0. The Morgan fingerprint density at radius 3 is 2.47 bits per heavy atom. The zero-order valence-electron chi connectivity index (χ0n) is 11.2. The highest BCUT2D eigenvalue weighted by Gasteiger charge is 2.12. The third kappa shape index (κ3) is 7.14. The van der Waals surface area contributed by atoms with Gasteiger partial charge in [-0.1, -0.05) is 30.3 Å². The van der Waals surface area contributed by atoms with Crippen LogP contribution in [-0.2, 0) is 6.54 Å². The molecule has 0 saturated heterocycles. The maximum atomic E-state index is 9.62. The summed E-state index contributed by atoms with van der Waals surface area (Å²) in [7, 11) is 0. The summed E-state index contributed by atoms with van der Waals surface area (Å²) in [5, 5.41) is 13.1. The summed E-state index contributed by atoms with van der Waals surface area (Å²) >= 11 is 0. The van der Waals surface area contributed by atoms with Gasteiger partial charge < -0.3 is 10.4 Å². The molecule has 0 heterocycles. The van der Waals surface area contributed by atoms with E-state index in [0.29, 0.717) is 6.04 Å². The van der Waals surface area contributed by atoms with Gasteiger partial charge in [-0.05, 0) is 45.6 Å². The molecule has 1 aromatic rings. The van der Waals surface area contributed by atoms with Crippen molar-refractivity contribution in [2.24, 2.45) is 0 Å². The van der Waals surface area contributed by atoms with Crippen LogP contribution in [0.25, 0.3) is 0 Å². The Hall–Kier alpha value is -0.860. The molecule has 0 fully saturated rings. The lowest BCUT2D eigenvalue weighted by molar-refractivity contribution is 0.0675. The van der Waals surface area contributed by atoms with E-state index in [9.17, 15) is 5.11 Å². The molecule has 0 aromatic heterocycles. The van der Waals surface area contributed by atoms with Gasteiger partial charge in [0.2, 0.25) is 0 Å². The van der Waals surface area contributed by atoms with Crippen LogP contribution >= 0.6 is 0 Å². The van der Waals surface area contributed by atoms with E-state index in [1.165, 1.54) is 5.56 Å². The van der Waals surface area contributed by atoms with Gasteiger partial charge in [0, 0.05) is 12.6 Å². The minimum absolute atomic E-state index is 0.498. The second-order valence-electron chi connectivity index (χ2n) is 5.47. The highest BCUT2D eigenvalue weighted by molar-refractivity contribution is 5.14. The minimum atomic E-state index is -0.529. The topological polar surface area (TPSA) is 32.3 Å². The van der Waals surface area contributed by atoms with Crippen molar-refractivity contribution < 1.29 is 5.11 Å². The zero-order valence-corrected chi connectivity index (χ0v) is 11.2. The number of aliphatic hydroxyl groups is 1. The van der Waals surface area contributed by atoms with Crippen molar-refractivity contribution in [2.75, 3.05) is 0 Å². The molecule has 2 nitrogen and oxygen atoms in total. The summed E-state index contributed by atoms with van der Waals surface area (Å²) < 4.78 is 0. The van der Waals surface area contributed by atoms with E-state index in [1.54, 1.807) is 0 Å². The fourth-order valence-electron chi connectivity index (χ4n) is 1.83. The Bertz CT molecular complexity index is 302. The van der Waals surface area contributed by atoms with Crippen LogP contribution in [0.15, 0.2) is 30.3 Å². The lowest BCUT2D eigenvalue weighted by atomic mass is 10.00. The smallest absolute Gasteiger partial charge is 0.0591 e. The number of hydrogen-bond donors (Lipinski definition) is 2. The molecule has 17 heavy (non-hydrogen) atoms. The van der Waals surface area contributed by atoms with Crippen LogP contribution in [0.1, 0.15) is 45.6 Å². The van der Waals surface area contributed by atoms with E-state index >= 15 is 0 Å². The molecule has 0 unspecified atom stereocenters. The van der Waals surface area contributed by atoms with E-state index in [2.05, 4.69) is 36.5 Å². The minimum Gasteiger partial charge on any atom is -0.390 e. The highest BCUT2D eigenvalue weighted by atomic mass is 16.3. The molecule has 0 amide bonds. The number of rotatable bonds is 7. The first-order chi connectivity index (χ1) is 7.97. The lowest BCUT2D eigenvalue weighted by Gasteiger charge is -2.19. The van der Waals surface area contributed by atoms with Crippen LogP contribution in [0, 0.1) is 0 Å². The molecule has 96 valence electrons. The molecule has 1 atom stereocenters. The van der Waals surface area contributed by atoms with Crippen molar-refractivity contribution in [2.45, 2.75) is 58.2 Å². The average Bonchev–Trinajstić information content (AvgIpc) is 2.26. The fraction of sp³-hybridized carbons (Fsp3) is 0.600. The first-order valence-electron chi connectivity index (χ1n) is 6.47. The van der Waals surface area contributed by atoms with Gasteiger partial charge in [-0.2, -0.15) is 0 Å². The van der Waals surface area contributed by atoms with Crippen LogP contribution in [0.4, 0.5) is 0 Å². The summed E-state index contributed by atoms with van der Waals surface area (Å²) in [6, 6.07) is 10.9. The standard InChI is InChI=1S/C15H25NO/c1-13(8-7-11-15(2,3)17)16-12-14-9-5-4-6-10-14/h4-6,9-10,13,16-17H,7-8,11-12H2,1-3H3/t13-/m0/s1. The van der Waals surface area contributed by atoms with Crippen LogP contribution in [-0.4, -0.2) is 16.7 Å². The first-order valence-corrected chi connectivity index (χ1v) is 6.47. The van der Waals surface area contributed by atoms with Gasteiger partial charge in [-0.25, -0.2) is 0 Å². The fourth-order valence-corrected chi connectivity index (χ4v) is 1.83. The SMILES string of the molecule is C[C@@H](CCCC(C)(C)O)NCc1ccccc1. The maximum Gasteiger partial charge on any atom is 0.0591 e. The van der Waals surface area contributed by atoms with E-state index in [4.69, 9.17) is 0 Å². The molecule has 0 aliphatic heterocycles. The van der Waals surface area contributed by atoms with Crippen molar-refractivity contribution in [1.29, 1.82) is 0 Å². The summed E-state index contributed by atoms with van der Waals surface area (Å²) in [5.41, 5.74) is 0.793. The maximum absolute atomic E-state index is 9.62. The van der Waals surface area contributed by atoms with Gasteiger partial charge in [-0.15, -0.1) is 0 Å². The molecule has 0 radical (unpaired) electrons. The second kappa shape index (κ2) is 6.77.